The molecule has 5 atom stereocenters. The van der Waals surface area contributed by atoms with E-state index in [1.54, 1.807) is 26.8 Å². The van der Waals surface area contributed by atoms with E-state index in [2.05, 4.69) is 14.8 Å². The van der Waals surface area contributed by atoms with Crippen molar-refractivity contribution in [3.05, 3.63) is 60.4 Å². The van der Waals surface area contributed by atoms with Gasteiger partial charge >= 0.3 is 6.36 Å². The topological polar surface area (TPSA) is 103 Å². The highest BCUT2D eigenvalue weighted by molar-refractivity contribution is 5.55. The molecule has 206 valence electrons. The lowest BCUT2D eigenvalue weighted by Gasteiger charge is -2.42. The van der Waals surface area contributed by atoms with Gasteiger partial charge in [-0.3, -0.25) is 0 Å². The van der Waals surface area contributed by atoms with Gasteiger partial charge in [-0.05, 0) is 31.2 Å². The van der Waals surface area contributed by atoms with Crippen LogP contribution in [-0.4, -0.2) is 73.2 Å². The number of aromatic nitrogens is 3. The van der Waals surface area contributed by atoms with Crippen molar-refractivity contribution in [2.24, 2.45) is 0 Å². The van der Waals surface area contributed by atoms with Crippen LogP contribution in [0.15, 0.2) is 54.9 Å². The second-order valence-corrected chi connectivity index (χ2v) is 8.57. The zero-order chi connectivity index (χ0) is 27.3. The van der Waals surface area contributed by atoms with Crippen molar-refractivity contribution in [3.63, 3.8) is 0 Å². The van der Waals surface area contributed by atoms with Crippen molar-refractivity contribution >= 4 is 0 Å². The molecule has 2 heterocycles. The van der Waals surface area contributed by atoms with Crippen LogP contribution in [-0.2, 0) is 30.3 Å². The van der Waals surface area contributed by atoms with Crippen molar-refractivity contribution in [3.8, 4) is 22.8 Å². The van der Waals surface area contributed by atoms with Gasteiger partial charge in [0.15, 0.2) is 5.82 Å². The van der Waals surface area contributed by atoms with Crippen LogP contribution in [0.2, 0.25) is 0 Å². The molecule has 1 aliphatic rings. The second-order valence-electron chi connectivity index (χ2n) is 8.57. The lowest BCUT2D eigenvalue weighted by molar-refractivity contribution is -0.926. The van der Waals surface area contributed by atoms with Gasteiger partial charge in [0.05, 0.1) is 11.8 Å². The maximum atomic E-state index is 12.4. The molecule has 0 saturated carbocycles. The second kappa shape index (κ2) is 12.2. The first-order valence-corrected chi connectivity index (χ1v) is 11.8. The summed E-state index contributed by atoms with van der Waals surface area (Å²) in [6.07, 6.45) is -5.23. The number of ether oxygens (including phenoxy) is 5. The van der Waals surface area contributed by atoms with E-state index in [1.165, 1.54) is 35.3 Å². The fourth-order valence-corrected chi connectivity index (χ4v) is 4.27. The molecule has 1 saturated heterocycles. The first kappa shape index (κ1) is 28.0. The number of alkyl halides is 3. The average molecular weight is 540 g/mol. The quantitative estimate of drug-likeness (QED) is 0.393. The first-order valence-electron chi connectivity index (χ1n) is 11.8. The fraction of sp³-hybridized carbons (Fsp3) is 0.440. The van der Waals surface area contributed by atoms with Gasteiger partial charge < -0.3 is 23.7 Å². The van der Waals surface area contributed by atoms with Gasteiger partial charge in [-0.2, -0.15) is 10.3 Å². The Morgan fingerprint density at radius 2 is 1.58 bits per heavy atom. The number of hydroxylamine groups is 1. The summed E-state index contributed by atoms with van der Waals surface area (Å²) in [5, 5.41) is 4.42. The Balaban J connectivity index is 1.33. The molecule has 4 rings (SSSR count). The van der Waals surface area contributed by atoms with Crippen LogP contribution < -0.4 is 10.2 Å². The zero-order valence-corrected chi connectivity index (χ0v) is 21.3. The number of halogens is 3. The van der Waals surface area contributed by atoms with Crippen LogP contribution >= 0.6 is 0 Å². The lowest BCUT2D eigenvalue weighted by atomic mass is 9.99. The molecule has 3 aromatic rings. The summed E-state index contributed by atoms with van der Waals surface area (Å²) in [4.78, 5) is 10.2. The predicted octanol–water partition coefficient (Wildman–Crippen LogP) is 2.62. The van der Waals surface area contributed by atoms with Crippen LogP contribution in [0.3, 0.4) is 0 Å². The largest absolute Gasteiger partial charge is 0.573 e. The van der Waals surface area contributed by atoms with Gasteiger partial charge in [-0.15, -0.1) is 18.3 Å². The normalized spacial score (nSPS) is 23.9. The highest BCUT2D eigenvalue weighted by Gasteiger charge is 2.47. The number of methoxy groups -OCH3 is 3. The van der Waals surface area contributed by atoms with E-state index >= 15 is 0 Å². The molecule has 0 bridgehead atoms. The lowest BCUT2D eigenvalue weighted by Crippen LogP contribution is -2.84. The zero-order valence-electron chi connectivity index (χ0n) is 21.3. The van der Waals surface area contributed by atoms with Crippen LogP contribution in [0.1, 0.15) is 12.5 Å². The summed E-state index contributed by atoms with van der Waals surface area (Å²) < 4.78 is 65.1. The van der Waals surface area contributed by atoms with Crippen molar-refractivity contribution in [1.82, 2.24) is 14.8 Å². The van der Waals surface area contributed by atoms with Gasteiger partial charge in [0.25, 0.3) is 0 Å². The minimum absolute atomic E-state index is 0.243. The van der Waals surface area contributed by atoms with E-state index in [0.717, 1.165) is 11.1 Å². The Kier molecular flexibility index (Phi) is 8.97. The highest BCUT2D eigenvalue weighted by atomic mass is 19.4. The molecule has 1 aliphatic heterocycles. The number of hydrogen-bond donors (Lipinski definition) is 1. The molecule has 0 unspecified atom stereocenters. The Labute approximate surface area is 217 Å². The van der Waals surface area contributed by atoms with E-state index < -0.39 is 18.8 Å². The Hall–Kier alpha value is -3.07. The van der Waals surface area contributed by atoms with Gasteiger partial charge in [0, 0.05) is 32.5 Å². The third-order valence-electron chi connectivity index (χ3n) is 6.13. The molecule has 0 radical (unpaired) electrons. The van der Waals surface area contributed by atoms with E-state index in [-0.39, 0.29) is 24.1 Å². The Bertz CT molecular complexity index is 1160. The summed E-state index contributed by atoms with van der Waals surface area (Å²) in [6, 6.07) is 13.0. The first-order chi connectivity index (χ1) is 18.2. The molecular formula is C25H30F3N4O6+. The highest BCUT2D eigenvalue weighted by Crippen LogP contribution is 2.27. The summed E-state index contributed by atoms with van der Waals surface area (Å²) in [7, 11) is 4.78. The molecule has 2 aromatic carbocycles. The fourth-order valence-electron chi connectivity index (χ4n) is 4.27. The van der Waals surface area contributed by atoms with E-state index in [1.807, 2.05) is 31.2 Å². The van der Waals surface area contributed by atoms with Gasteiger partial charge in [-0.1, -0.05) is 24.3 Å². The Morgan fingerprint density at radius 1 is 0.921 bits per heavy atom. The van der Waals surface area contributed by atoms with Crippen LogP contribution in [0.25, 0.3) is 17.1 Å². The van der Waals surface area contributed by atoms with Crippen molar-refractivity contribution in [2.45, 2.75) is 50.5 Å². The molecule has 38 heavy (non-hydrogen) atoms. The number of rotatable bonds is 10. The summed E-state index contributed by atoms with van der Waals surface area (Å²) in [5.74, 6) is 0.163. The van der Waals surface area contributed by atoms with Crippen molar-refractivity contribution in [2.75, 3.05) is 21.3 Å². The van der Waals surface area contributed by atoms with Gasteiger partial charge in [0.2, 0.25) is 6.29 Å². The summed E-state index contributed by atoms with van der Waals surface area (Å²) >= 11 is 0. The van der Waals surface area contributed by atoms with Crippen molar-refractivity contribution in [1.29, 1.82) is 0 Å². The van der Waals surface area contributed by atoms with E-state index in [9.17, 15) is 13.2 Å². The molecule has 10 nitrogen and oxygen atoms in total. The van der Waals surface area contributed by atoms with Crippen LogP contribution in [0.5, 0.6) is 5.75 Å². The number of benzene rings is 2. The smallest absolute Gasteiger partial charge is 0.406 e. The number of nitrogens with two attached hydrogens (primary N) is 1. The van der Waals surface area contributed by atoms with E-state index in [0.29, 0.717) is 18.1 Å². The SMILES string of the molecule is CO[C@@H]1[C@@H](OC)[C@H](C)O[C@@H](O[NH2+]Cc2ccc(-c3ncn(-c4ccc(OC(F)(F)F)cc4)n3)cc2)[C@@H]1OC. The molecule has 1 aromatic heterocycles. The van der Waals surface area contributed by atoms with Crippen LogP contribution in [0.4, 0.5) is 13.2 Å². The number of nitrogens with zero attached hydrogens (tertiary/aromatic N) is 3. The molecule has 2 N–H and O–H groups in total. The third-order valence-corrected chi connectivity index (χ3v) is 6.13. The predicted molar refractivity (Wildman–Crippen MR) is 127 cm³/mol. The molecule has 1 fully saturated rings. The maximum absolute atomic E-state index is 12.4. The molecule has 0 spiro atoms. The minimum Gasteiger partial charge on any atom is -0.406 e. The maximum Gasteiger partial charge on any atom is 0.573 e. The monoisotopic (exact) mass is 539 g/mol. The molecule has 13 heteroatoms. The molecular weight excluding hydrogens is 509 g/mol. The molecule has 0 amide bonds. The average Bonchev–Trinajstić information content (AvgIpc) is 3.38. The van der Waals surface area contributed by atoms with Crippen LogP contribution in [0, 0.1) is 0 Å². The summed E-state index contributed by atoms with van der Waals surface area (Å²) in [6.45, 7) is 2.42. The van der Waals surface area contributed by atoms with Crippen molar-refractivity contribution < 1.29 is 47.2 Å². The standard InChI is InChI=1S/C25H29F3N4O6/c1-15-20(33-2)21(34-3)22(35-4)24(36-15)38-30-13-16-5-7-17(8-6-16)23-29-14-32(31-23)18-9-11-19(12-10-18)37-25(26,27)28/h5-12,14-15,20-22,24,30H,13H2,1-4H3/p+1/t15-,20-,21+,22+,24-/m0/s1. The van der Waals surface area contributed by atoms with E-state index in [4.69, 9.17) is 23.8 Å². The minimum atomic E-state index is -4.74. The summed E-state index contributed by atoms with van der Waals surface area (Å²) in [5.41, 5.74) is 3.98. The van der Waals surface area contributed by atoms with Gasteiger partial charge in [-0.25, -0.2) is 9.67 Å². The van der Waals surface area contributed by atoms with Gasteiger partial charge in [0.1, 0.15) is 36.9 Å². The number of hydrogen-bond acceptors (Lipinski definition) is 8. The Morgan fingerprint density at radius 3 is 2.18 bits per heavy atom. The number of quaternary nitrogens is 1. The molecule has 0 aliphatic carbocycles. The third kappa shape index (κ3) is 6.67.